The Balaban J connectivity index is 2.42. The zero-order chi connectivity index (χ0) is 11.9. The first kappa shape index (κ1) is 10.5. The molecule has 0 unspecified atom stereocenters. The molecule has 0 aliphatic carbocycles. The van der Waals surface area contributed by atoms with E-state index in [1.165, 1.54) is 15.9 Å². The lowest BCUT2D eigenvalue weighted by molar-refractivity contribution is -0.142. The largest absolute Gasteiger partial charge is 0.319 e. The number of rotatable bonds is 0. The Morgan fingerprint density at radius 1 is 1.25 bits per heavy atom. The molecular formula is C10H12N4O2. The van der Waals surface area contributed by atoms with Gasteiger partial charge in [0.2, 0.25) is 5.84 Å². The van der Waals surface area contributed by atoms with E-state index in [9.17, 15) is 9.59 Å². The Bertz CT molecular complexity index is 468. The molecule has 6 nitrogen and oxygen atoms in total. The molecule has 0 aromatic carbocycles. The molecule has 84 valence electrons. The lowest BCUT2D eigenvalue weighted by Gasteiger charge is -2.26. The highest BCUT2D eigenvalue weighted by Gasteiger charge is 2.40. The molecular weight excluding hydrogens is 208 g/mol. The van der Waals surface area contributed by atoms with Crippen LogP contribution in [0.3, 0.4) is 0 Å². The SMILES string of the molecule is CC(C)(C)N1N=C(n2cccn2)C(=O)C1=O. The lowest BCUT2D eigenvalue weighted by Crippen LogP contribution is -2.41. The summed E-state index contributed by atoms with van der Waals surface area (Å²) in [5.74, 6) is -1.19. The number of aromatic nitrogens is 2. The van der Waals surface area contributed by atoms with Gasteiger partial charge >= 0.3 is 5.91 Å². The standard InChI is InChI=1S/C10H12N4O2/c1-10(2,3)14-9(16)7(15)8(12-14)13-6-4-5-11-13/h4-6H,1-3H3. The molecule has 0 saturated carbocycles. The van der Waals surface area contributed by atoms with Crippen molar-refractivity contribution in [1.82, 2.24) is 14.8 Å². The van der Waals surface area contributed by atoms with Crippen LogP contribution in [0.15, 0.2) is 23.6 Å². The molecule has 16 heavy (non-hydrogen) atoms. The van der Waals surface area contributed by atoms with Gasteiger partial charge < -0.3 is 0 Å². The van der Waals surface area contributed by atoms with Gasteiger partial charge in [0, 0.05) is 12.4 Å². The smallest absolute Gasteiger partial charge is 0.279 e. The van der Waals surface area contributed by atoms with Gasteiger partial charge in [-0.2, -0.15) is 5.10 Å². The average molecular weight is 220 g/mol. The second-order valence-electron chi connectivity index (χ2n) is 4.49. The maximum Gasteiger partial charge on any atom is 0.319 e. The van der Waals surface area contributed by atoms with Crippen molar-refractivity contribution in [2.24, 2.45) is 5.10 Å². The summed E-state index contributed by atoms with van der Waals surface area (Å²) in [6.07, 6.45) is 3.11. The van der Waals surface area contributed by atoms with Gasteiger partial charge in [-0.1, -0.05) is 0 Å². The Kier molecular flexibility index (Phi) is 2.15. The summed E-state index contributed by atoms with van der Waals surface area (Å²) in [6, 6.07) is 1.67. The summed E-state index contributed by atoms with van der Waals surface area (Å²) < 4.78 is 1.30. The number of nitrogens with zero attached hydrogens (tertiary/aromatic N) is 4. The van der Waals surface area contributed by atoms with Gasteiger partial charge in [-0.05, 0) is 26.8 Å². The van der Waals surface area contributed by atoms with E-state index in [-0.39, 0.29) is 5.84 Å². The molecule has 0 spiro atoms. The number of hydrogen-bond donors (Lipinski definition) is 0. The van der Waals surface area contributed by atoms with E-state index in [1.807, 2.05) is 20.8 Å². The van der Waals surface area contributed by atoms with Crippen LogP contribution in [0.4, 0.5) is 0 Å². The van der Waals surface area contributed by atoms with E-state index in [0.717, 1.165) is 0 Å². The van der Waals surface area contributed by atoms with Crippen molar-refractivity contribution < 1.29 is 9.59 Å². The van der Waals surface area contributed by atoms with Crippen LogP contribution in [-0.2, 0) is 9.59 Å². The fourth-order valence-corrected chi connectivity index (χ4v) is 1.38. The second kappa shape index (κ2) is 3.26. The molecule has 6 heteroatoms. The van der Waals surface area contributed by atoms with Gasteiger partial charge in [-0.15, -0.1) is 5.10 Å². The molecule has 1 aliphatic heterocycles. The third-order valence-electron chi connectivity index (χ3n) is 2.14. The number of carbonyl (C=O) groups excluding carboxylic acids is 2. The molecule has 2 heterocycles. The fraction of sp³-hybridized carbons (Fsp3) is 0.400. The number of carbonyl (C=O) groups is 2. The van der Waals surface area contributed by atoms with Crippen molar-refractivity contribution in [3.8, 4) is 0 Å². The van der Waals surface area contributed by atoms with Crippen molar-refractivity contribution >= 4 is 17.5 Å². The highest BCUT2D eigenvalue weighted by molar-refractivity contribution is 6.66. The molecule has 0 fully saturated rings. The Labute approximate surface area is 92.5 Å². The van der Waals surface area contributed by atoms with Crippen LogP contribution in [0.5, 0.6) is 0 Å². The molecule has 1 aliphatic rings. The van der Waals surface area contributed by atoms with Crippen molar-refractivity contribution in [1.29, 1.82) is 0 Å². The van der Waals surface area contributed by atoms with Crippen LogP contribution >= 0.6 is 0 Å². The van der Waals surface area contributed by atoms with Gasteiger partial charge in [-0.3, -0.25) is 9.59 Å². The van der Waals surface area contributed by atoms with Crippen LogP contribution in [0.25, 0.3) is 0 Å². The maximum absolute atomic E-state index is 11.7. The normalized spacial score (nSPS) is 16.9. The van der Waals surface area contributed by atoms with E-state index in [1.54, 1.807) is 12.3 Å². The molecule has 0 saturated heterocycles. The summed E-state index contributed by atoms with van der Waals surface area (Å²) >= 11 is 0. The lowest BCUT2D eigenvalue weighted by atomic mass is 10.1. The Morgan fingerprint density at radius 2 is 1.94 bits per heavy atom. The van der Waals surface area contributed by atoms with Crippen molar-refractivity contribution in [2.45, 2.75) is 26.3 Å². The second-order valence-corrected chi connectivity index (χ2v) is 4.49. The van der Waals surface area contributed by atoms with E-state index in [0.29, 0.717) is 0 Å². The Hall–Kier alpha value is -1.98. The van der Waals surface area contributed by atoms with Gasteiger partial charge in [0.15, 0.2) is 0 Å². The summed E-state index contributed by atoms with van der Waals surface area (Å²) in [7, 11) is 0. The minimum Gasteiger partial charge on any atom is -0.279 e. The van der Waals surface area contributed by atoms with Gasteiger partial charge in [0.05, 0.1) is 5.54 Å². The quantitative estimate of drug-likeness (QED) is 0.589. The topological polar surface area (TPSA) is 67.6 Å². The first-order valence-electron chi connectivity index (χ1n) is 4.89. The fourth-order valence-electron chi connectivity index (χ4n) is 1.38. The Morgan fingerprint density at radius 3 is 2.38 bits per heavy atom. The van der Waals surface area contributed by atoms with Crippen LogP contribution in [-0.4, -0.2) is 37.9 Å². The maximum atomic E-state index is 11.7. The van der Waals surface area contributed by atoms with E-state index >= 15 is 0 Å². The third-order valence-corrected chi connectivity index (χ3v) is 2.14. The summed E-state index contributed by atoms with van der Waals surface area (Å²) in [4.78, 5) is 23.4. The first-order chi connectivity index (χ1) is 7.41. The number of Topliss-reactive ketones (excluding diaryl/α,β-unsaturated/α-hetero) is 1. The molecule has 0 N–H and O–H groups in total. The number of amides is 1. The molecule has 0 radical (unpaired) electrons. The zero-order valence-electron chi connectivity index (χ0n) is 9.34. The van der Waals surface area contributed by atoms with Crippen molar-refractivity contribution in [2.75, 3.05) is 0 Å². The summed E-state index contributed by atoms with van der Waals surface area (Å²) in [6.45, 7) is 5.44. The number of hydrogen-bond acceptors (Lipinski definition) is 4. The average Bonchev–Trinajstić information content (AvgIpc) is 2.75. The van der Waals surface area contributed by atoms with Gasteiger partial charge in [0.1, 0.15) is 0 Å². The molecule has 1 aromatic rings. The van der Waals surface area contributed by atoms with Crippen molar-refractivity contribution in [3.05, 3.63) is 18.5 Å². The monoisotopic (exact) mass is 220 g/mol. The highest BCUT2D eigenvalue weighted by atomic mass is 16.2. The van der Waals surface area contributed by atoms with Crippen LogP contribution in [0, 0.1) is 0 Å². The minimum absolute atomic E-state index is 0.0462. The van der Waals surface area contributed by atoms with E-state index in [4.69, 9.17) is 0 Å². The van der Waals surface area contributed by atoms with Crippen LogP contribution in [0.1, 0.15) is 20.8 Å². The number of hydrazone groups is 1. The van der Waals surface area contributed by atoms with Crippen LogP contribution < -0.4 is 0 Å². The predicted octanol–water partition coefficient (Wildman–Crippen LogP) is 0.254. The molecule has 1 amide bonds. The highest BCUT2D eigenvalue weighted by Crippen LogP contribution is 2.19. The minimum atomic E-state index is -0.626. The molecule has 1 aromatic heterocycles. The summed E-state index contributed by atoms with van der Waals surface area (Å²) in [5, 5.41) is 9.09. The molecule has 0 atom stereocenters. The van der Waals surface area contributed by atoms with E-state index < -0.39 is 17.2 Å². The van der Waals surface area contributed by atoms with Gasteiger partial charge in [-0.25, -0.2) is 9.69 Å². The molecule has 2 rings (SSSR count). The molecule has 0 bridgehead atoms. The van der Waals surface area contributed by atoms with E-state index in [2.05, 4.69) is 10.2 Å². The number of ketones is 1. The van der Waals surface area contributed by atoms with Gasteiger partial charge in [0.25, 0.3) is 5.78 Å². The predicted molar refractivity (Wildman–Crippen MR) is 56.7 cm³/mol. The zero-order valence-corrected chi connectivity index (χ0v) is 9.34. The summed E-state index contributed by atoms with van der Waals surface area (Å²) in [5.41, 5.74) is -0.512. The first-order valence-corrected chi connectivity index (χ1v) is 4.89. The van der Waals surface area contributed by atoms with Crippen molar-refractivity contribution in [3.63, 3.8) is 0 Å². The third kappa shape index (κ3) is 1.52. The van der Waals surface area contributed by atoms with Crippen LogP contribution in [0.2, 0.25) is 0 Å².